The maximum Gasteiger partial charge on any atom is 0.317 e. The van der Waals surface area contributed by atoms with E-state index in [2.05, 4.69) is 23.2 Å². The molecule has 4 rings (SSSR count). The van der Waals surface area contributed by atoms with Gasteiger partial charge >= 0.3 is 6.03 Å². The number of rotatable bonds is 3. The van der Waals surface area contributed by atoms with Crippen LogP contribution in [0.15, 0.2) is 12.1 Å². The van der Waals surface area contributed by atoms with Gasteiger partial charge in [-0.1, -0.05) is 36.7 Å². The van der Waals surface area contributed by atoms with Crippen LogP contribution in [0.4, 0.5) is 9.93 Å². The Bertz CT molecular complexity index is 808. The number of carbonyl (C=O) groups excluding carboxylic acids is 1. The summed E-state index contributed by atoms with van der Waals surface area (Å²) >= 11 is 1.71. The second-order valence-electron chi connectivity index (χ2n) is 7.52. The van der Waals surface area contributed by atoms with E-state index in [0.29, 0.717) is 6.04 Å². The van der Waals surface area contributed by atoms with E-state index in [4.69, 9.17) is 9.72 Å². The molecular weight excluding hydrogens is 360 g/mol. The number of methoxy groups -OCH3 is 1. The third-order valence-electron chi connectivity index (χ3n) is 5.68. The number of fused-ring (bicyclic) bond motifs is 1. The van der Waals surface area contributed by atoms with Crippen LogP contribution in [0.5, 0.6) is 5.75 Å². The molecule has 2 amide bonds. The molecule has 1 aliphatic heterocycles. The van der Waals surface area contributed by atoms with E-state index in [-0.39, 0.29) is 6.03 Å². The molecule has 1 aliphatic carbocycles. The molecule has 1 N–H and O–H groups in total. The van der Waals surface area contributed by atoms with Crippen molar-refractivity contribution in [3.8, 4) is 5.75 Å². The maximum absolute atomic E-state index is 12.5. The number of hydrogen-bond acceptors (Lipinski definition) is 5. The quantitative estimate of drug-likeness (QED) is 0.869. The topological polar surface area (TPSA) is 57.7 Å². The van der Waals surface area contributed by atoms with Gasteiger partial charge in [-0.3, -0.25) is 0 Å². The van der Waals surface area contributed by atoms with E-state index in [0.717, 1.165) is 55.4 Å². The summed E-state index contributed by atoms with van der Waals surface area (Å²) < 4.78 is 6.65. The van der Waals surface area contributed by atoms with E-state index in [1.54, 1.807) is 18.4 Å². The first-order valence-corrected chi connectivity index (χ1v) is 10.7. The summed E-state index contributed by atoms with van der Waals surface area (Å²) in [6.07, 6.45) is 6.02. The van der Waals surface area contributed by atoms with Crippen molar-refractivity contribution in [1.82, 2.24) is 15.2 Å². The minimum atomic E-state index is 0.100. The highest BCUT2D eigenvalue weighted by atomic mass is 32.1. The van der Waals surface area contributed by atoms with E-state index < -0.39 is 0 Å². The molecular formula is C20H28N4O2S. The monoisotopic (exact) mass is 388 g/mol. The molecule has 1 saturated carbocycles. The summed E-state index contributed by atoms with van der Waals surface area (Å²) in [5.74, 6) is 0.823. The number of thiazole rings is 1. The fourth-order valence-corrected chi connectivity index (χ4v) is 5.12. The van der Waals surface area contributed by atoms with Crippen molar-refractivity contribution in [3.05, 3.63) is 17.7 Å². The zero-order chi connectivity index (χ0) is 18.8. The van der Waals surface area contributed by atoms with Crippen LogP contribution in [0, 0.1) is 6.92 Å². The van der Waals surface area contributed by atoms with Crippen molar-refractivity contribution >= 4 is 32.7 Å². The molecule has 0 radical (unpaired) electrons. The molecule has 0 atom stereocenters. The largest absolute Gasteiger partial charge is 0.494 e. The third-order valence-corrected chi connectivity index (χ3v) is 6.93. The molecule has 1 aromatic carbocycles. The fraction of sp³-hybridized carbons (Fsp3) is 0.600. The smallest absolute Gasteiger partial charge is 0.317 e. The summed E-state index contributed by atoms with van der Waals surface area (Å²) in [7, 11) is 1.69. The van der Waals surface area contributed by atoms with Gasteiger partial charge in [-0.05, 0) is 31.4 Å². The van der Waals surface area contributed by atoms with E-state index in [9.17, 15) is 4.79 Å². The van der Waals surface area contributed by atoms with Gasteiger partial charge in [0.05, 0.1) is 11.8 Å². The second-order valence-corrected chi connectivity index (χ2v) is 8.49. The van der Waals surface area contributed by atoms with Gasteiger partial charge in [0.25, 0.3) is 0 Å². The first-order chi connectivity index (χ1) is 13.2. The van der Waals surface area contributed by atoms with Crippen molar-refractivity contribution < 1.29 is 9.53 Å². The van der Waals surface area contributed by atoms with Crippen molar-refractivity contribution in [2.45, 2.75) is 45.1 Å². The number of piperazine rings is 1. The lowest BCUT2D eigenvalue weighted by Crippen LogP contribution is -2.53. The molecule has 2 fully saturated rings. The highest BCUT2D eigenvalue weighted by Gasteiger charge is 2.25. The standard InChI is InChI=1S/C20H28N4O2S/c1-14-8-9-16(26-2)17-18(14)27-20(22-17)24-12-10-23(11-13-24)19(25)21-15-6-4-3-5-7-15/h8-9,15H,3-7,10-13H2,1-2H3,(H,21,25). The zero-order valence-corrected chi connectivity index (χ0v) is 17.0. The van der Waals surface area contributed by atoms with Crippen LogP contribution in [-0.2, 0) is 0 Å². The number of urea groups is 1. The number of aryl methyl sites for hydroxylation is 1. The van der Waals surface area contributed by atoms with Gasteiger partial charge < -0.3 is 19.9 Å². The van der Waals surface area contributed by atoms with Gasteiger partial charge in [0, 0.05) is 32.2 Å². The lowest BCUT2D eigenvalue weighted by molar-refractivity contribution is 0.186. The number of hydrogen-bond donors (Lipinski definition) is 1. The molecule has 7 heteroatoms. The number of aromatic nitrogens is 1. The third kappa shape index (κ3) is 3.83. The number of nitrogens with zero attached hydrogens (tertiary/aromatic N) is 3. The van der Waals surface area contributed by atoms with Gasteiger partial charge in [-0.25, -0.2) is 9.78 Å². The average Bonchev–Trinajstić information content (AvgIpc) is 3.16. The Morgan fingerprint density at radius 1 is 1.19 bits per heavy atom. The number of carbonyl (C=O) groups is 1. The summed E-state index contributed by atoms with van der Waals surface area (Å²) in [5.41, 5.74) is 2.16. The molecule has 2 aliphatic rings. The number of nitrogens with one attached hydrogen (secondary N) is 1. The molecule has 2 heterocycles. The van der Waals surface area contributed by atoms with Crippen molar-refractivity contribution in [2.24, 2.45) is 0 Å². The van der Waals surface area contributed by atoms with E-state index >= 15 is 0 Å². The van der Waals surface area contributed by atoms with Gasteiger partial charge in [-0.2, -0.15) is 0 Å². The maximum atomic E-state index is 12.5. The van der Waals surface area contributed by atoms with Crippen LogP contribution >= 0.6 is 11.3 Å². The first-order valence-electron chi connectivity index (χ1n) is 9.90. The first kappa shape index (κ1) is 18.3. The van der Waals surface area contributed by atoms with Crippen molar-refractivity contribution in [2.75, 3.05) is 38.2 Å². The Labute approximate surface area is 164 Å². The lowest BCUT2D eigenvalue weighted by atomic mass is 9.96. The van der Waals surface area contributed by atoms with Gasteiger partial charge in [0.15, 0.2) is 5.13 Å². The van der Waals surface area contributed by atoms with E-state index in [1.807, 2.05) is 11.0 Å². The normalized spacial score (nSPS) is 18.7. The molecule has 6 nitrogen and oxygen atoms in total. The molecule has 1 saturated heterocycles. The van der Waals surface area contributed by atoms with Gasteiger partial charge in [0.1, 0.15) is 11.3 Å². The molecule has 0 spiro atoms. The summed E-state index contributed by atoms with van der Waals surface area (Å²) in [6, 6.07) is 4.53. The van der Waals surface area contributed by atoms with E-state index in [1.165, 1.54) is 29.5 Å². The van der Waals surface area contributed by atoms with Crippen LogP contribution in [0.3, 0.4) is 0 Å². The predicted octanol–water partition coefficient (Wildman–Crippen LogP) is 3.78. The molecule has 0 unspecified atom stereocenters. The SMILES string of the molecule is COc1ccc(C)c2sc(N3CCN(C(=O)NC4CCCCC4)CC3)nc12. The highest BCUT2D eigenvalue weighted by Crippen LogP contribution is 2.36. The van der Waals surface area contributed by atoms with Crippen LogP contribution < -0.4 is 15.0 Å². The molecule has 2 aromatic rings. The Kier molecular flexibility index (Phi) is 5.38. The van der Waals surface area contributed by atoms with Gasteiger partial charge in [-0.15, -0.1) is 0 Å². The molecule has 146 valence electrons. The molecule has 0 bridgehead atoms. The second kappa shape index (κ2) is 7.92. The minimum absolute atomic E-state index is 0.100. The number of anilines is 1. The number of ether oxygens (including phenoxy) is 1. The van der Waals surface area contributed by atoms with Crippen LogP contribution in [0.25, 0.3) is 10.2 Å². The zero-order valence-electron chi connectivity index (χ0n) is 16.2. The summed E-state index contributed by atoms with van der Waals surface area (Å²) in [4.78, 5) is 21.6. The Morgan fingerprint density at radius 3 is 2.63 bits per heavy atom. The number of amides is 2. The Morgan fingerprint density at radius 2 is 1.93 bits per heavy atom. The highest BCUT2D eigenvalue weighted by molar-refractivity contribution is 7.22. The van der Waals surface area contributed by atoms with Crippen LogP contribution in [0.2, 0.25) is 0 Å². The lowest BCUT2D eigenvalue weighted by Gasteiger charge is -2.35. The Hall–Kier alpha value is -2.02. The average molecular weight is 389 g/mol. The molecule has 27 heavy (non-hydrogen) atoms. The predicted molar refractivity (Wildman–Crippen MR) is 110 cm³/mol. The van der Waals surface area contributed by atoms with Crippen LogP contribution in [-0.4, -0.2) is 55.2 Å². The molecule has 1 aromatic heterocycles. The fourth-order valence-electron chi connectivity index (χ4n) is 4.01. The van der Waals surface area contributed by atoms with Gasteiger partial charge in [0.2, 0.25) is 0 Å². The Balaban J connectivity index is 1.39. The summed E-state index contributed by atoms with van der Waals surface area (Å²) in [6.45, 7) is 5.23. The van der Waals surface area contributed by atoms with Crippen molar-refractivity contribution in [1.29, 1.82) is 0 Å². The summed E-state index contributed by atoms with van der Waals surface area (Å²) in [5, 5.41) is 4.24. The minimum Gasteiger partial charge on any atom is -0.494 e. The number of benzene rings is 1. The van der Waals surface area contributed by atoms with Crippen LogP contribution in [0.1, 0.15) is 37.7 Å². The van der Waals surface area contributed by atoms with Crippen molar-refractivity contribution in [3.63, 3.8) is 0 Å².